The van der Waals surface area contributed by atoms with Crippen LogP contribution in [0.5, 0.6) is 0 Å². The van der Waals surface area contributed by atoms with E-state index in [4.69, 9.17) is 11.6 Å². The number of anilines is 1. The van der Waals surface area contributed by atoms with Crippen LogP contribution in [0.4, 0.5) is 5.69 Å². The van der Waals surface area contributed by atoms with Gasteiger partial charge in [0.2, 0.25) is 5.56 Å². The van der Waals surface area contributed by atoms with Crippen LogP contribution in [0, 0.1) is 0 Å². The summed E-state index contributed by atoms with van der Waals surface area (Å²) in [4.78, 5) is 14.8. The van der Waals surface area contributed by atoms with Gasteiger partial charge in [-0.3, -0.25) is 14.5 Å². The zero-order chi connectivity index (χ0) is 14.0. The number of sulfonamides is 1. The molecule has 0 atom stereocenters. The molecule has 2 heterocycles. The Labute approximate surface area is 114 Å². The summed E-state index contributed by atoms with van der Waals surface area (Å²) < 4.78 is 27.8. The third-order valence-electron chi connectivity index (χ3n) is 2.36. The molecule has 0 unspecified atom stereocenters. The molecule has 0 amide bonds. The van der Waals surface area contributed by atoms with E-state index in [-0.39, 0.29) is 21.2 Å². The number of rotatable bonds is 3. The van der Waals surface area contributed by atoms with Crippen molar-refractivity contribution in [3.8, 4) is 0 Å². The van der Waals surface area contributed by atoms with Crippen molar-refractivity contribution >= 4 is 27.3 Å². The summed E-state index contributed by atoms with van der Waals surface area (Å²) in [5.41, 5.74) is 0.0318. The van der Waals surface area contributed by atoms with E-state index in [0.717, 1.165) is 6.20 Å². The van der Waals surface area contributed by atoms with Crippen molar-refractivity contribution in [3.05, 3.63) is 52.2 Å². The fourth-order valence-electron chi connectivity index (χ4n) is 1.43. The molecule has 0 saturated heterocycles. The second-order valence-electron chi connectivity index (χ2n) is 3.78. The molecule has 2 aromatic heterocycles. The molecular formula is C11H10ClN3O3S. The molecule has 0 aliphatic carbocycles. The SMILES string of the molecule is Cn1cc(NS(=O)(=O)c2cnccc2Cl)ccc1=O. The molecule has 0 aliphatic heterocycles. The van der Waals surface area contributed by atoms with Gasteiger partial charge in [0.1, 0.15) is 4.90 Å². The fourth-order valence-corrected chi connectivity index (χ4v) is 2.90. The van der Waals surface area contributed by atoms with Gasteiger partial charge in [0, 0.05) is 31.7 Å². The Morgan fingerprint density at radius 2 is 2.05 bits per heavy atom. The third-order valence-corrected chi connectivity index (χ3v) is 4.21. The molecule has 0 spiro atoms. The summed E-state index contributed by atoms with van der Waals surface area (Å²) >= 11 is 5.82. The zero-order valence-electron chi connectivity index (χ0n) is 9.87. The van der Waals surface area contributed by atoms with Crippen molar-refractivity contribution in [1.29, 1.82) is 0 Å². The van der Waals surface area contributed by atoms with Gasteiger partial charge in [-0.1, -0.05) is 11.6 Å². The Bertz CT molecular complexity index is 771. The van der Waals surface area contributed by atoms with Gasteiger partial charge in [0.05, 0.1) is 10.7 Å². The lowest BCUT2D eigenvalue weighted by atomic mass is 10.4. The number of hydrogen-bond donors (Lipinski definition) is 1. The lowest BCUT2D eigenvalue weighted by molar-refractivity contribution is 0.601. The second-order valence-corrected chi connectivity index (χ2v) is 5.84. The van der Waals surface area contributed by atoms with E-state index < -0.39 is 10.0 Å². The predicted molar refractivity (Wildman–Crippen MR) is 71.7 cm³/mol. The highest BCUT2D eigenvalue weighted by molar-refractivity contribution is 7.92. The molecule has 0 bridgehead atoms. The minimum atomic E-state index is -3.83. The summed E-state index contributed by atoms with van der Waals surface area (Å²) in [7, 11) is -2.31. The number of hydrogen-bond acceptors (Lipinski definition) is 4. The van der Waals surface area contributed by atoms with E-state index >= 15 is 0 Å². The van der Waals surface area contributed by atoms with Crippen molar-refractivity contribution in [2.75, 3.05) is 4.72 Å². The summed E-state index contributed by atoms with van der Waals surface area (Å²) in [5, 5.41) is 0.0762. The monoisotopic (exact) mass is 299 g/mol. The highest BCUT2D eigenvalue weighted by atomic mass is 35.5. The van der Waals surface area contributed by atoms with Crippen molar-refractivity contribution in [3.63, 3.8) is 0 Å². The van der Waals surface area contributed by atoms with Crippen LogP contribution < -0.4 is 10.3 Å². The molecule has 2 rings (SSSR count). The average molecular weight is 300 g/mol. The number of pyridine rings is 2. The Kier molecular flexibility index (Phi) is 3.59. The van der Waals surface area contributed by atoms with Crippen molar-refractivity contribution in [2.24, 2.45) is 7.05 Å². The first-order valence-corrected chi connectivity index (χ1v) is 7.05. The van der Waals surface area contributed by atoms with E-state index in [1.807, 2.05) is 0 Å². The van der Waals surface area contributed by atoms with E-state index in [0.29, 0.717) is 0 Å². The number of nitrogens with zero attached hydrogens (tertiary/aromatic N) is 2. The Morgan fingerprint density at radius 1 is 1.32 bits per heavy atom. The maximum absolute atomic E-state index is 12.1. The number of aromatic nitrogens is 2. The summed E-state index contributed by atoms with van der Waals surface area (Å²) in [6.45, 7) is 0. The van der Waals surface area contributed by atoms with Crippen molar-refractivity contribution < 1.29 is 8.42 Å². The van der Waals surface area contributed by atoms with Crippen LogP contribution in [0.1, 0.15) is 0 Å². The second kappa shape index (κ2) is 5.02. The van der Waals surface area contributed by atoms with Crippen LogP contribution >= 0.6 is 11.6 Å². The molecule has 0 radical (unpaired) electrons. The quantitative estimate of drug-likeness (QED) is 0.924. The van der Waals surface area contributed by atoms with Crippen LogP contribution in [0.25, 0.3) is 0 Å². The summed E-state index contributed by atoms with van der Waals surface area (Å²) in [5.74, 6) is 0. The molecule has 1 N–H and O–H groups in total. The topological polar surface area (TPSA) is 81.1 Å². The van der Waals surface area contributed by atoms with E-state index in [1.54, 1.807) is 0 Å². The number of nitrogens with one attached hydrogen (secondary N) is 1. The largest absolute Gasteiger partial charge is 0.316 e. The van der Waals surface area contributed by atoms with Gasteiger partial charge in [-0.2, -0.15) is 0 Å². The van der Waals surface area contributed by atoms with Crippen LogP contribution in [0.15, 0.2) is 46.5 Å². The van der Waals surface area contributed by atoms with Crippen molar-refractivity contribution in [1.82, 2.24) is 9.55 Å². The standard InChI is InChI=1S/C11H10ClN3O3S/c1-15-7-8(2-3-11(15)16)14-19(17,18)10-6-13-5-4-9(10)12/h2-7,14H,1H3. The van der Waals surface area contributed by atoms with Gasteiger partial charge in [-0.25, -0.2) is 8.42 Å². The van der Waals surface area contributed by atoms with Gasteiger partial charge < -0.3 is 4.57 Å². The van der Waals surface area contributed by atoms with E-state index in [2.05, 4.69) is 9.71 Å². The molecule has 100 valence electrons. The van der Waals surface area contributed by atoms with Crippen LogP contribution in [0.2, 0.25) is 5.02 Å². The smallest absolute Gasteiger partial charge is 0.264 e. The van der Waals surface area contributed by atoms with Gasteiger partial charge >= 0.3 is 0 Å². The van der Waals surface area contributed by atoms with Crippen molar-refractivity contribution in [2.45, 2.75) is 4.90 Å². The minimum Gasteiger partial charge on any atom is -0.316 e. The first kappa shape index (κ1) is 13.6. The molecular weight excluding hydrogens is 290 g/mol. The first-order valence-electron chi connectivity index (χ1n) is 5.19. The number of halogens is 1. The normalized spacial score (nSPS) is 11.3. The molecule has 19 heavy (non-hydrogen) atoms. The van der Waals surface area contributed by atoms with Gasteiger partial charge in [0.15, 0.2) is 0 Å². The summed E-state index contributed by atoms with van der Waals surface area (Å²) in [6, 6.07) is 4.03. The third kappa shape index (κ3) is 2.94. The van der Waals surface area contributed by atoms with E-state index in [1.165, 1.54) is 42.2 Å². The van der Waals surface area contributed by atoms with Gasteiger partial charge in [0.25, 0.3) is 10.0 Å². The Hall–Kier alpha value is -1.86. The predicted octanol–water partition coefficient (Wildman–Crippen LogP) is 1.23. The maximum Gasteiger partial charge on any atom is 0.264 e. The molecule has 0 aromatic carbocycles. The highest BCUT2D eigenvalue weighted by Crippen LogP contribution is 2.21. The molecule has 8 heteroatoms. The molecule has 0 saturated carbocycles. The maximum atomic E-state index is 12.1. The minimum absolute atomic E-state index is 0.0762. The number of aryl methyl sites for hydroxylation is 1. The lowest BCUT2D eigenvalue weighted by Crippen LogP contribution is -2.18. The lowest BCUT2D eigenvalue weighted by Gasteiger charge is -2.09. The van der Waals surface area contributed by atoms with E-state index in [9.17, 15) is 13.2 Å². The van der Waals surface area contributed by atoms with Gasteiger partial charge in [-0.15, -0.1) is 0 Å². The zero-order valence-corrected chi connectivity index (χ0v) is 11.4. The Balaban J connectivity index is 2.39. The molecule has 6 nitrogen and oxygen atoms in total. The van der Waals surface area contributed by atoms with Crippen LogP contribution in [0.3, 0.4) is 0 Å². The highest BCUT2D eigenvalue weighted by Gasteiger charge is 2.18. The molecule has 2 aromatic rings. The van der Waals surface area contributed by atoms with Crippen LogP contribution in [-0.2, 0) is 17.1 Å². The molecule has 0 fully saturated rings. The summed E-state index contributed by atoms with van der Waals surface area (Å²) in [6.07, 6.45) is 3.93. The Morgan fingerprint density at radius 3 is 2.68 bits per heavy atom. The van der Waals surface area contributed by atoms with Gasteiger partial charge in [-0.05, 0) is 12.1 Å². The molecule has 0 aliphatic rings. The fraction of sp³-hybridized carbons (Fsp3) is 0.0909. The van der Waals surface area contributed by atoms with Crippen LogP contribution in [-0.4, -0.2) is 18.0 Å². The first-order chi connectivity index (χ1) is 8.90. The average Bonchev–Trinajstić information content (AvgIpc) is 2.34.